The van der Waals surface area contributed by atoms with Crippen LogP contribution in [0.4, 0.5) is 0 Å². The monoisotopic (exact) mass is 394 g/mol. The van der Waals surface area contributed by atoms with Crippen molar-refractivity contribution in [1.82, 2.24) is 9.88 Å². The largest absolute Gasteiger partial charge is 0.507 e. The third kappa shape index (κ3) is 3.92. The number of benzene rings is 1. The van der Waals surface area contributed by atoms with Gasteiger partial charge < -0.3 is 19.6 Å². The molecule has 29 heavy (non-hydrogen) atoms. The number of likely N-dealkylation sites (tertiary alicyclic amines) is 1. The molecule has 1 aromatic heterocycles. The molecular weight excluding hydrogens is 370 g/mol. The fraction of sp³-hybridized carbons (Fsp3) is 0.318. The van der Waals surface area contributed by atoms with Crippen LogP contribution in [-0.4, -0.2) is 66.1 Å². The molecule has 1 aromatic carbocycles. The van der Waals surface area contributed by atoms with E-state index in [1.54, 1.807) is 53.7 Å². The van der Waals surface area contributed by atoms with Crippen LogP contribution in [0.2, 0.25) is 0 Å². The normalized spacial score (nSPS) is 22.2. The molecule has 4 rings (SSSR count). The predicted octanol–water partition coefficient (Wildman–Crippen LogP) is 0.418. The molecule has 0 aliphatic carbocycles. The topological polar surface area (TPSA) is 84.2 Å². The summed E-state index contributed by atoms with van der Waals surface area (Å²) in [4.78, 5) is 32.8. The number of hydrogen-bond donors (Lipinski definition) is 2. The minimum absolute atomic E-state index is 0.129. The minimum atomic E-state index is -0.648. The molecule has 150 valence electrons. The Kier molecular flexibility index (Phi) is 5.69. The number of Topliss-reactive ketones (excluding diaryl/α,β-unsaturated/α-hetero) is 1. The van der Waals surface area contributed by atoms with E-state index in [9.17, 15) is 14.7 Å². The Morgan fingerprint density at radius 2 is 1.79 bits per heavy atom. The molecule has 0 radical (unpaired) electrons. The third-order valence-corrected chi connectivity index (χ3v) is 5.52. The lowest BCUT2D eigenvalue weighted by atomic mass is 9.96. The summed E-state index contributed by atoms with van der Waals surface area (Å²) in [6.45, 7) is 4.33. The number of aliphatic hydroxyl groups excluding tert-OH is 1. The van der Waals surface area contributed by atoms with Crippen molar-refractivity contribution in [3.63, 3.8) is 0 Å². The van der Waals surface area contributed by atoms with Crippen LogP contribution in [0.15, 0.2) is 60.4 Å². The van der Waals surface area contributed by atoms with Crippen LogP contribution >= 0.6 is 0 Å². The number of ketones is 1. The summed E-state index contributed by atoms with van der Waals surface area (Å²) in [5.41, 5.74) is 1.40. The van der Waals surface area contributed by atoms with Crippen molar-refractivity contribution in [2.75, 3.05) is 39.4 Å². The minimum Gasteiger partial charge on any atom is -0.507 e. The Bertz CT molecular complexity index is 908. The second-order valence-corrected chi connectivity index (χ2v) is 7.25. The number of aromatic nitrogens is 1. The molecule has 1 amide bonds. The molecule has 0 saturated carbocycles. The van der Waals surface area contributed by atoms with Crippen LogP contribution in [0.1, 0.15) is 17.2 Å². The molecule has 3 heterocycles. The van der Waals surface area contributed by atoms with Gasteiger partial charge in [-0.1, -0.05) is 30.3 Å². The Balaban J connectivity index is 1.70. The molecule has 2 fully saturated rings. The van der Waals surface area contributed by atoms with Gasteiger partial charge in [0.1, 0.15) is 18.8 Å². The summed E-state index contributed by atoms with van der Waals surface area (Å²) in [6.07, 6.45) is 3.26. The van der Waals surface area contributed by atoms with Gasteiger partial charge >= 0.3 is 0 Å². The Hall–Kier alpha value is -3.03. The number of carbonyl (C=O) groups excluding carboxylic acids is 2. The van der Waals surface area contributed by atoms with E-state index in [0.29, 0.717) is 25.3 Å². The van der Waals surface area contributed by atoms with E-state index in [4.69, 9.17) is 4.74 Å². The first kappa shape index (κ1) is 19.3. The molecule has 0 bridgehead atoms. The van der Waals surface area contributed by atoms with E-state index in [-0.39, 0.29) is 11.3 Å². The molecule has 1 atom stereocenters. The number of nitrogens with zero attached hydrogens (tertiary/aromatic N) is 2. The number of amides is 1. The molecule has 2 saturated heterocycles. The molecule has 2 aliphatic heterocycles. The van der Waals surface area contributed by atoms with E-state index >= 15 is 0 Å². The maximum Gasteiger partial charge on any atom is 0.295 e. The number of hydrogen-bond acceptors (Lipinski definition) is 5. The Labute approximate surface area is 169 Å². The summed E-state index contributed by atoms with van der Waals surface area (Å²) in [5.74, 6) is -1.37. The first-order chi connectivity index (χ1) is 14.2. The molecule has 0 unspecified atom stereocenters. The average Bonchev–Trinajstić information content (AvgIpc) is 3.04. The summed E-state index contributed by atoms with van der Waals surface area (Å²) < 4.78 is 5.39. The summed E-state index contributed by atoms with van der Waals surface area (Å²) in [7, 11) is 0. The second-order valence-electron chi connectivity index (χ2n) is 7.25. The lowest BCUT2D eigenvalue weighted by Crippen LogP contribution is -3.14. The van der Waals surface area contributed by atoms with Crippen LogP contribution in [0.3, 0.4) is 0 Å². The highest BCUT2D eigenvalue weighted by Crippen LogP contribution is 2.38. The average molecular weight is 394 g/mol. The molecule has 2 aliphatic rings. The quantitative estimate of drug-likeness (QED) is 0.436. The molecule has 7 nitrogen and oxygen atoms in total. The number of aliphatic hydroxyl groups is 1. The molecular formula is C22H24N3O4+. The third-order valence-electron chi connectivity index (χ3n) is 5.52. The van der Waals surface area contributed by atoms with Gasteiger partial charge in [0.05, 0.1) is 37.9 Å². The van der Waals surface area contributed by atoms with Crippen LogP contribution in [-0.2, 0) is 14.3 Å². The van der Waals surface area contributed by atoms with Crippen molar-refractivity contribution < 1.29 is 24.3 Å². The van der Waals surface area contributed by atoms with Gasteiger partial charge in [0.2, 0.25) is 0 Å². The lowest BCUT2D eigenvalue weighted by Gasteiger charge is -2.29. The fourth-order valence-corrected chi connectivity index (χ4v) is 3.94. The van der Waals surface area contributed by atoms with Gasteiger partial charge in [-0.3, -0.25) is 14.6 Å². The molecule has 7 heteroatoms. The highest BCUT2D eigenvalue weighted by Gasteiger charge is 2.46. The SMILES string of the molecule is O=C1C(=O)N(CC[NH+]2CCOCC2)[C@H](c2ccncc2)/C1=C(\O)c1ccccc1. The predicted molar refractivity (Wildman–Crippen MR) is 106 cm³/mol. The van der Waals surface area contributed by atoms with Crippen molar-refractivity contribution in [2.45, 2.75) is 6.04 Å². The maximum absolute atomic E-state index is 12.9. The highest BCUT2D eigenvalue weighted by atomic mass is 16.5. The van der Waals surface area contributed by atoms with Crippen LogP contribution in [0.5, 0.6) is 0 Å². The van der Waals surface area contributed by atoms with E-state index < -0.39 is 17.7 Å². The van der Waals surface area contributed by atoms with Gasteiger partial charge in [0.25, 0.3) is 11.7 Å². The van der Waals surface area contributed by atoms with Gasteiger partial charge in [0, 0.05) is 18.0 Å². The van der Waals surface area contributed by atoms with E-state index in [2.05, 4.69) is 4.98 Å². The maximum atomic E-state index is 12.9. The Morgan fingerprint density at radius 1 is 1.10 bits per heavy atom. The number of carbonyl (C=O) groups is 2. The number of pyridine rings is 1. The molecule has 2 N–H and O–H groups in total. The lowest BCUT2D eigenvalue weighted by molar-refractivity contribution is -0.907. The number of quaternary nitrogens is 1. The molecule has 0 spiro atoms. The summed E-state index contributed by atoms with van der Waals surface area (Å²) in [5, 5.41) is 10.9. The van der Waals surface area contributed by atoms with E-state index in [1.165, 1.54) is 4.90 Å². The Morgan fingerprint density at radius 3 is 2.48 bits per heavy atom. The first-order valence-corrected chi connectivity index (χ1v) is 9.82. The van der Waals surface area contributed by atoms with Gasteiger partial charge in [-0.25, -0.2) is 0 Å². The highest BCUT2D eigenvalue weighted by molar-refractivity contribution is 6.46. The number of ether oxygens (including phenoxy) is 1. The van der Waals surface area contributed by atoms with Gasteiger partial charge in [-0.05, 0) is 17.7 Å². The summed E-state index contributed by atoms with van der Waals surface area (Å²) in [6, 6.07) is 11.8. The zero-order valence-corrected chi connectivity index (χ0v) is 16.1. The van der Waals surface area contributed by atoms with Crippen molar-refractivity contribution in [2.24, 2.45) is 0 Å². The zero-order chi connectivity index (χ0) is 20.2. The zero-order valence-electron chi connectivity index (χ0n) is 16.1. The van der Waals surface area contributed by atoms with Crippen molar-refractivity contribution in [3.8, 4) is 0 Å². The van der Waals surface area contributed by atoms with Gasteiger partial charge in [-0.15, -0.1) is 0 Å². The molecule has 2 aromatic rings. The van der Waals surface area contributed by atoms with Crippen LogP contribution in [0.25, 0.3) is 5.76 Å². The van der Waals surface area contributed by atoms with Crippen molar-refractivity contribution >= 4 is 17.4 Å². The van der Waals surface area contributed by atoms with E-state index in [0.717, 1.165) is 25.2 Å². The van der Waals surface area contributed by atoms with Crippen molar-refractivity contribution in [1.29, 1.82) is 0 Å². The van der Waals surface area contributed by atoms with Crippen LogP contribution in [0, 0.1) is 0 Å². The van der Waals surface area contributed by atoms with Crippen molar-refractivity contribution in [3.05, 3.63) is 71.6 Å². The standard InChI is InChI=1S/C22H23N3O4/c26-20(17-4-2-1-3-5-17)18-19(16-6-8-23-9-7-16)25(22(28)21(18)27)11-10-24-12-14-29-15-13-24/h1-9,19,26H,10-15H2/p+1/b20-18+/t19-/m1/s1. The second kappa shape index (κ2) is 8.55. The van der Waals surface area contributed by atoms with Gasteiger partial charge in [0.15, 0.2) is 0 Å². The van der Waals surface area contributed by atoms with Crippen LogP contribution < -0.4 is 4.90 Å². The van der Waals surface area contributed by atoms with E-state index in [1.807, 2.05) is 6.07 Å². The first-order valence-electron chi connectivity index (χ1n) is 9.82. The number of nitrogens with one attached hydrogen (secondary N) is 1. The summed E-state index contributed by atoms with van der Waals surface area (Å²) >= 11 is 0. The smallest absolute Gasteiger partial charge is 0.295 e. The fourth-order valence-electron chi connectivity index (χ4n) is 3.94. The number of morpholine rings is 1. The van der Waals surface area contributed by atoms with Gasteiger partial charge in [-0.2, -0.15) is 0 Å². The number of rotatable bonds is 5.